The molecule has 0 N–H and O–H groups in total. The van der Waals surface area contributed by atoms with Gasteiger partial charge in [0.15, 0.2) is 5.78 Å². The third-order valence-electron chi connectivity index (χ3n) is 3.01. The summed E-state index contributed by atoms with van der Waals surface area (Å²) < 4.78 is 0. The Labute approximate surface area is 116 Å². The molecule has 0 saturated carbocycles. The first kappa shape index (κ1) is 13.8. The second-order valence-corrected chi connectivity index (χ2v) is 5.84. The van der Waals surface area contributed by atoms with Crippen LogP contribution in [-0.2, 0) is 12.8 Å². The molecule has 0 bridgehead atoms. The molecule has 100 valence electrons. The predicted molar refractivity (Wildman–Crippen MR) is 75.8 cm³/mol. The number of thiazole rings is 1. The average molecular weight is 275 g/mol. The molecule has 0 atom stereocenters. The van der Waals surface area contributed by atoms with Crippen molar-refractivity contribution in [3.8, 4) is 0 Å². The summed E-state index contributed by atoms with van der Waals surface area (Å²) >= 11 is 1.59. The fraction of sp³-hybridized carbons (Fsp3) is 0.429. The van der Waals surface area contributed by atoms with Gasteiger partial charge < -0.3 is 0 Å². The summed E-state index contributed by atoms with van der Waals surface area (Å²) in [6.45, 7) is 7.82. The molecule has 0 aliphatic carbocycles. The maximum atomic E-state index is 12.4. The molecule has 2 rings (SSSR count). The Morgan fingerprint density at radius 3 is 2.58 bits per heavy atom. The molecule has 5 heteroatoms. The van der Waals surface area contributed by atoms with Crippen LogP contribution in [0.2, 0.25) is 0 Å². The molecular weight excluding hydrogens is 258 g/mol. The second-order valence-electron chi connectivity index (χ2n) is 4.55. The van der Waals surface area contributed by atoms with Crippen LogP contribution in [0, 0.1) is 20.8 Å². The molecular formula is C14H17N3OS. The zero-order chi connectivity index (χ0) is 14.0. The Kier molecular flexibility index (Phi) is 4.04. The van der Waals surface area contributed by atoms with Crippen molar-refractivity contribution in [1.29, 1.82) is 0 Å². The summed E-state index contributed by atoms with van der Waals surface area (Å²) in [5, 5.41) is 8.97. The Balaban J connectivity index is 2.27. The van der Waals surface area contributed by atoms with Crippen molar-refractivity contribution in [1.82, 2.24) is 15.2 Å². The maximum absolute atomic E-state index is 12.4. The number of rotatable bonds is 4. The zero-order valence-corrected chi connectivity index (χ0v) is 12.5. The van der Waals surface area contributed by atoms with E-state index >= 15 is 0 Å². The van der Waals surface area contributed by atoms with Crippen molar-refractivity contribution in [3.63, 3.8) is 0 Å². The topological polar surface area (TPSA) is 55.7 Å². The molecule has 0 aromatic carbocycles. The average Bonchev–Trinajstić information content (AvgIpc) is 2.68. The number of carbonyl (C=O) groups excluding carboxylic acids is 1. The van der Waals surface area contributed by atoms with E-state index in [-0.39, 0.29) is 5.78 Å². The van der Waals surface area contributed by atoms with Crippen LogP contribution in [0.25, 0.3) is 0 Å². The van der Waals surface area contributed by atoms with Crippen LogP contribution >= 0.6 is 11.3 Å². The first-order chi connectivity index (χ1) is 9.01. The number of aromatic nitrogens is 3. The van der Waals surface area contributed by atoms with Gasteiger partial charge in [-0.2, -0.15) is 10.2 Å². The van der Waals surface area contributed by atoms with E-state index in [0.717, 1.165) is 22.1 Å². The third kappa shape index (κ3) is 3.04. The van der Waals surface area contributed by atoms with Gasteiger partial charge in [0.05, 0.1) is 23.5 Å². The van der Waals surface area contributed by atoms with Gasteiger partial charge in [0.2, 0.25) is 0 Å². The molecule has 2 aromatic heterocycles. The zero-order valence-electron chi connectivity index (χ0n) is 11.6. The highest BCUT2D eigenvalue weighted by Crippen LogP contribution is 2.19. The number of ketones is 1. The van der Waals surface area contributed by atoms with Gasteiger partial charge in [0.1, 0.15) is 5.01 Å². The van der Waals surface area contributed by atoms with E-state index in [2.05, 4.69) is 15.2 Å². The number of carbonyl (C=O) groups is 1. The smallest absolute Gasteiger partial charge is 0.171 e. The van der Waals surface area contributed by atoms with E-state index in [0.29, 0.717) is 18.4 Å². The minimum atomic E-state index is 0.0728. The summed E-state index contributed by atoms with van der Waals surface area (Å²) in [7, 11) is 0. The quantitative estimate of drug-likeness (QED) is 0.805. The van der Waals surface area contributed by atoms with E-state index in [4.69, 9.17) is 0 Å². The summed E-state index contributed by atoms with van der Waals surface area (Å²) in [4.78, 5) is 17.9. The fourth-order valence-corrected chi connectivity index (χ4v) is 2.80. The number of hydrogen-bond acceptors (Lipinski definition) is 5. The second kappa shape index (κ2) is 5.57. The summed E-state index contributed by atoms with van der Waals surface area (Å²) in [5.41, 5.74) is 3.22. The molecule has 0 spiro atoms. The van der Waals surface area contributed by atoms with Crippen molar-refractivity contribution in [3.05, 3.63) is 38.6 Å². The van der Waals surface area contributed by atoms with E-state index < -0.39 is 0 Å². The molecule has 2 heterocycles. The third-order valence-corrected chi connectivity index (χ3v) is 4.09. The first-order valence-corrected chi connectivity index (χ1v) is 7.12. The SMILES string of the molecule is CCc1nnc(C)cc1C(=O)Cc1nc(C)c(C)s1. The van der Waals surface area contributed by atoms with Crippen LogP contribution in [0.4, 0.5) is 0 Å². The lowest BCUT2D eigenvalue weighted by molar-refractivity contribution is 0.0991. The highest BCUT2D eigenvalue weighted by Gasteiger charge is 2.15. The molecule has 0 aliphatic heterocycles. The molecule has 0 fully saturated rings. The van der Waals surface area contributed by atoms with Crippen molar-refractivity contribution < 1.29 is 4.79 Å². The molecule has 2 aromatic rings. The lowest BCUT2D eigenvalue weighted by atomic mass is 10.1. The minimum absolute atomic E-state index is 0.0728. The standard InChI is InChI=1S/C14H17N3OS/c1-5-12-11(6-8(2)16-17-12)13(18)7-14-15-9(3)10(4)19-14/h6H,5,7H2,1-4H3. The monoisotopic (exact) mass is 275 g/mol. The Morgan fingerprint density at radius 2 is 2.00 bits per heavy atom. The van der Waals surface area contributed by atoms with E-state index in [1.54, 1.807) is 11.3 Å². The van der Waals surface area contributed by atoms with E-state index in [9.17, 15) is 4.79 Å². The number of nitrogens with zero attached hydrogens (tertiary/aromatic N) is 3. The van der Waals surface area contributed by atoms with Crippen LogP contribution in [0.1, 0.15) is 44.2 Å². The van der Waals surface area contributed by atoms with Gasteiger partial charge in [-0.25, -0.2) is 4.98 Å². The number of aryl methyl sites for hydroxylation is 4. The van der Waals surface area contributed by atoms with Crippen molar-refractivity contribution in [2.24, 2.45) is 0 Å². The van der Waals surface area contributed by atoms with Crippen LogP contribution in [-0.4, -0.2) is 21.0 Å². The molecule has 0 amide bonds. The highest BCUT2D eigenvalue weighted by molar-refractivity contribution is 7.11. The molecule has 0 unspecified atom stereocenters. The number of hydrogen-bond donors (Lipinski definition) is 0. The summed E-state index contributed by atoms with van der Waals surface area (Å²) in [6, 6.07) is 1.82. The van der Waals surface area contributed by atoms with Gasteiger partial charge in [-0.05, 0) is 33.3 Å². The normalized spacial score (nSPS) is 10.7. The Hall–Kier alpha value is -1.62. The molecule has 0 radical (unpaired) electrons. The Bertz CT molecular complexity index is 600. The van der Waals surface area contributed by atoms with Gasteiger partial charge in [-0.1, -0.05) is 6.92 Å². The predicted octanol–water partition coefficient (Wildman–Crippen LogP) is 2.85. The van der Waals surface area contributed by atoms with Crippen molar-refractivity contribution in [2.45, 2.75) is 40.5 Å². The van der Waals surface area contributed by atoms with E-state index in [1.807, 2.05) is 33.8 Å². The van der Waals surface area contributed by atoms with Crippen molar-refractivity contribution >= 4 is 17.1 Å². The van der Waals surface area contributed by atoms with Gasteiger partial charge in [-0.3, -0.25) is 4.79 Å². The van der Waals surface area contributed by atoms with Crippen LogP contribution in [0.3, 0.4) is 0 Å². The number of Topliss-reactive ketones (excluding diaryl/α,β-unsaturated/α-hetero) is 1. The Morgan fingerprint density at radius 1 is 1.26 bits per heavy atom. The van der Waals surface area contributed by atoms with Gasteiger partial charge in [-0.15, -0.1) is 11.3 Å². The first-order valence-electron chi connectivity index (χ1n) is 6.30. The largest absolute Gasteiger partial charge is 0.294 e. The van der Waals surface area contributed by atoms with Gasteiger partial charge in [0, 0.05) is 10.4 Å². The molecule has 0 aliphatic rings. The summed E-state index contributed by atoms with van der Waals surface area (Å²) in [5.74, 6) is 0.0728. The molecule has 0 saturated heterocycles. The highest BCUT2D eigenvalue weighted by atomic mass is 32.1. The van der Waals surface area contributed by atoms with Crippen LogP contribution in [0.5, 0.6) is 0 Å². The van der Waals surface area contributed by atoms with Crippen LogP contribution in [0.15, 0.2) is 6.07 Å². The maximum Gasteiger partial charge on any atom is 0.171 e. The van der Waals surface area contributed by atoms with Gasteiger partial charge >= 0.3 is 0 Å². The minimum Gasteiger partial charge on any atom is -0.294 e. The summed E-state index contributed by atoms with van der Waals surface area (Å²) in [6.07, 6.45) is 1.06. The molecule has 4 nitrogen and oxygen atoms in total. The molecule has 19 heavy (non-hydrogen) atoms. The van der Waals surface area contributed by atoms with E-state index in [1.165, 1.54) is 4.88 Å². The van der Waals surface area contributed by atoms with Crippen molar-refractivity contribution in [2.75, 3.05) is 0 Å². The lowest BCUT2D eigenvalue weighted by Gasteiger charge is -2.05. The lowest BCUT2D eigenvalue weighted by Crippen LogP contribution is -2.10. The van der Waals surface area contributed by atoms with Gasteiger partial charge in [0.25, 0.3) is 0 Å². The fourth-order valence-electron chi connectivity index (χ4n) is 1.86. The van der Waals surface area contributed by atoms with Crippen LogP contribution < -0.4 is 0 Å².